The van der Waals surface area contributed by atoms with Crippen LogP contribution in [-0.4, -0.2) is 49.1 Å². The van der Waals surface area contributed by atoms with E-state index in [4.69, 9.17) is 4.74 Å². The van der Waals surface area contributed by atoms with Gasteiger partial charge in [0.2, 0.25) is 0 Å². The normalized spacial score (nSPS) is 15.2. The zero-order valence-corrected chi connectivity index (χ0v) is 11.3. The molecule has 0 saturated carbocycles. The number of nitrogens with zero attached hydrogens (tertiary/aromatic N) is 2. The Hall–Kier alpha value is -1.13. The standard InChI is InChI=1S/C14H22N2O2/c1-15(10-11-18-2)8-9-16-7-6-12-13(16)4-3-5-14(12)17/h6-7H,3-5,8-11H2,1-2H3. The quantitative estimate of drug-likeness (QED) is 0.769. The summed E-state index contributed by atoms with van der Waals surface area (Å²) in [5, 5.41) is 0. The third kappa shape index (κ3) is 3.00. The number of aromatic nitrogens is 1. The van der Waals surface area contributed by atoms with Crippen molar-refractivity contribution < 1.29 is 9.53 Å². The molecule has 1 aliphatic rings. The molecule has 1 aromatic rings. The molecule has 0 amide bonds. The van der Waals surface area contributed by atoms with Gasteiger partial charge in [-0.2, -0.15) is 0 Å². The van der Waals surface area contributed by atoms with Gasteiger partial charge >= 0.3 is 0 Å². The maximum absolute atomic E-state index is 11.7. The molecule has 0 atom stereocenters. The van der Waals surface area contributed by atoms with Crippen LogP contribution in [-0.2, 0) is 17.7 Å². The Kier molecular flexibility index (Phi) is 4.55. The van der Waals surface area contributed by atoms with E-state index in [2.05, 4.69) is 22.7 Å². The van der Waals surface area contributed by atoms with Gasteiger partial charge in [0, 0.05) is 50.6 Å². The van der Waals surface area contributed by atoms with Gasteiger partial charge in [0.15, 0.2) is 5.78 Å². The van der Waals surface area contributed by atoms with Gasteiger partial charge in [-0.05, 0) is 26.0 Å². The van der Waals surface area contributed by atoms with Crippen LogP contribution in [0, 0.1) is 0 Å². The molecule has 2 rings (SSSR count). The first-order valence-corrected chi connectivity index (χ1v) is 6.61. The molecular weight excluding hydrogens is 228 g/mol. The Bertz CT molecular complexity index is 412. The summed E-state index contributed by atoms with van der Waals surface area (Å²) < 4.78 is 7.29. The highest BCUT2D eigenvalue weighted by Crippen LogP contribution is 2.22. The molecule has 0 aliphatic heterocycles. The predicted octanol–water partition coefficient (Wildman–Crippen LogP) is 1.59. The number of likely N-dealkylation sites (N-methyl/N-ethyl adjacent to an activating group) is 1. The van der Waals surface area contributed by atoms with E-state index >= 15 is 0 Å². The fourth-order valence-electron chi connectivity index (χ4n) is 2.44. The lowest BCUT2D eigenvalue weighted by Gasteiger charge is -2.19. The van der Waals surface area contributed by atoms with Crippen molar-refractivity contribution in [3.8, 4) is 0 Å². The van der Waals surface area contributed by atoms with Crippen molar-refractivity contribution in [2.75, 3.05) is 33.9 Å². The van der Waals surface area contributed by atoms with Gasteiger partial charge in [-0.15, -0.1) is 0 Å². The monoisotopic (exact) mass is 250 g/mol. The molecule has 0 aromatic carbocycles. The second-order valence-corrected chi connectivity index (χ2v) is 4.94. The van der Waals surface area contributed by atoms with Crippen LogP contribution in [0.25, 0.3) is 0 Å². The molecule has 1 aromatic heterocycles. The molecule has 0 saturated heterocycles. The molecular formula is C14H22N2O2. The summed E-state index contributed by atoms with van der Waals surface area (Å²) in [5.74, 6) is 0.308. The first kappa shape index (κ1) is 13.3. The summed E-state index contributed by atoms with van der Waals surface area (Å²) in [6.07, 6.45) is 4.80. The first-order chi connectivity index (χ1) is 8.72. The van der Waals surface area contributed by atoms with Crippen molar-refractivity contribution in [1.82, 2.24) is 9.47 Å². The van der Waals surface area contributed by atoms with E-state index in [0.717, 1.165) is 44.6 Å². The topological polar surface area (TPSA) is 34.5 Å². The second-order valence-electron chi connectivity index (χ2n) is 4.94. The number of carbonyl (C=O) groups excluding carboxylic acids is 1. The second kappa shape index (κ2) is 6.16. The maximum Gasteiger partial charge on any atom is 0.164 e. The molecule has 1 aliphatic carbocycles. The zero-order chi connectivity index (χ0) is 13.0. The van der Waals surface area contributed by atoms with Crippen molar-refractivity contribution in [3.63, 3.8) is 0 Å². The lowest BCUT2D eigenvalue weighted by Crippen LogP contribution is -2.27. The predicted molar refractivity (Wildman–Crippen MR) is 71.1 cm³/mol. The molecule has 1 heterocycles. The Balaban J connectivity index is 1.92. The van der Waals surface area contributed by atoms with E-state index in [-0.39, 0.29) is 0 Å². The average Bonchev–Trinajstić information content (AvgIpc) is 2.78. The van der Waals surface area contributed by atoms with Crippen LogP contribution >= 0.6 is 0 Å². The summed E-state index contributed by atoms with van der Waals surface area (Å²) in [4.78, 5) is 14.0. The lowest BCUT2D eigenvalue weighted by molar-refractivity contribution is 0.0971. The van der Waals surface area contributed by atoms with Gasteiger partial charge in [0.25, 0.3) is 0 Å². The number of carbonyl (C=O) groups is 1. The summed E-state index contributed by atoms with van der Waals surface area (Å²) in [5.41, 5.74) is 2.17. The molecule has 0 fully saturated rings. The molecule has 0 radical (unpaired) electrons. The van der Waals surface area contributed by atoms with Crippen LogP contribution in [0.3, 0.4) is 0 Å². The largest absolute Gasteiger partial charge is 0.383 e. The molecule has 100 valence electrons. The SMILES string of the molecule is COCCN(C)CCn1ccc2c1CCCC2=O. The minimum atomic E-state index is 0.308. The number of fused-ring (bicyclic) bond motifs is 1. The fourth-order valence-corrected chi connectivity index (χ4v) is 2.44. The Morgan fingerprint density at radius 2 is 2.22 bits per heavy atom. The molecule has 0 spiro atoms. The van der Waals surface area contributed by atoms with Crippen LogP contribution in [0.4, 0.5) is 0 Å². The minimum absolute atomic E-state index is 0.308. The summed E-state index contributed by atoms with van der Waals surface area (Å²) in [6.45, 7) is 3.64. The Morgan fingerprint density at radius 3 is 3.00 bits per heavy atom. The Morgan fingerprint density at radius 1 is 1.39 bits per heavy atom. The van der Waals surface area contributed by atoms with Crippen molar-refractivity contribution in [2.45, 2.75) is 25.8 Å². The lowest BCUT2D eigenvalue weighted by atomic mass is 9.97. The third-order valence-electron chi connectivity index (χ3n) is 3.60. The maximum atomic E-state index is 11.7. The number of hydrogen-bond donors (Lipinski definition) is 0. The smallest absolute Gasteiger partial charge is 0.164 e. The van der Waals surface area contributed by atoms with Gasteiger partial charge in [-0.3, -0.25) is 4.79 Å². The van der Waals surface area contributed by atoms with E-state index in [9.17, 15) is 4.79 Å². The van der Waals surface area contributed by atoms with Crippen molar-refractivity contribution in [2.24, 2.45) is 0 Å². The van der Waals surface area contributed by atoms with Crippen molar-refractivity contribution >= 4 is 5.78 Å². The summed E-state index contributed by atoms with van der Waals surface area (Å²) in [6, 6.07) is 1.98. The molecule has 0 unspecified atom stereocenters. The number of Topliss-reactive ketones (excluding diaryl/α,β-unsaturated/α-hetero) is 1. The average molecular weight is 250 g/mol. The van der Waals surface area contributed by atoms with E-state index in [1.807, 2.05) is 6.07 Å². The number of ether oxygens (including phenoxy) is 1. The van der Waals surface area contributed by atoms with E-state index < -0.39 is 0 Å². The number of rotatable bonds is 6. The van der Waals surface area contributed by atoms with Crippen molar-refractivity contribution in [3.05, 3.63) is 23.5 Å². The van der Waals surface area contributed by atoms with Crippen molar-refractivity contribution in [1.29, 1.82) is 0 Å². The Labute approximate surface area is 109 Å². The van der Waals surface area contributed by atoms with Gasteiger partial charge in [0.05, 0.1) is 6.61 Å². The highest BCUT2D eigenvalue weighted by molar-refractivity contribution is 5.98. The van der Waals surface area contributed by atoms with Gasteiger partial charge in [-0.1, -0.05) is 0 Å². The van der Waals surface area contributed by atoms with Crippen LogP contribution < -0.4 is 0 Å². The van der Waals surface area contributed by atoms with Crippen LogP contribution in [0.1, 0.15) is 28.9 Å². The first-order valence-electron chi connectivity index (χ1n) is 6.61. The fraction of sp³-hybridized carbons (Fsp3) is 0.643. The minimum Gasteiger partial charge on any atom is -0.383 e. The van der Waals surface area contributed by atoms with Crippen LogP contribution in [0.5, 0.6) is 0 Å². The van der Waals surface area contributed by atoms with Crippen LogP contribution in [0.15, 0.2) is 12.3 Å². The van der Waals surface area contributed by atoms with Crippen LogP contribution in [0.2, 0.25) is 0 Å². The zero-order valence-electron chi connectivity index (χ0n) is 11.3. The third-order valence-corrected chi connectivity index (χ3v) is 3.60. The van der Waals surface area contributed by atoms with Gasteiger partial charge in [-0.25, -0.2) is 0 Å². The highest BCUT2D eigenvalue weighted by Gasteiger charge is 2.20. The summed E-state index contributed by atoms with van der Waals surface area (Å²) >= 11 is 0. The number of hydrogen-bond acceptors (Lipinski definition) is 3. The highest BCUT2D eigenvalue weighted by atomic mass is 16.5. The molecule has 4 heteroatoms. The molecule has 18 heavy (non-hydrogen) atoms. The number of ketones is 1. The van der Waals surface area contributed by atoms with E-state index in [1.54, 1.807) is 7.11 Å². The summed E-state index contributed by atoms with van der Waals surface area (Å²) in [7, 11) is 3.82. The van der Waals surface area contributed by atoms with Gasteiger partial charge < -0.3 is 14.2 Å². The molecule has 0 N–H and O–H groups in total. The van der Waals surface area contributed by atoms with E-state index in [0.29, 0.717) is 12.2 Å². The number of methoxy groups -OCH3 is 1. The van der Waals surface area contributed by atoms with E-state index in [1.165, 1.54) is 5.69 Å². The molecule has 4 nitrogen and oxygen atoms in total. The molecule has 0 bridgehead atoms. The van der Waals surface area contributed by atoms with Gasteiger partial charge in [0.1, 0.15) is 0 Å².